The maximum Gasteiger partial charge on any atom is 0.307 e. The van der Waals surface area contributed by atoms with E-state index in [2.05, 4.69) is 10.4 Å². The van der Waals surface area contributed by atoms with Gasteiger partial charge in [-0.25, -0.2) is 0 Å². The highest BCUT2D eigenvalue weighted by Gasteiger charge is 2.48. The fraction of sp³-hybridized carbons (Fsp3) is 0.545. The highest BCUT2D eigenvalue weighted by Crippen LogP contribution is 2.39. The van der Waals surface area contributed by atoms with E-state index in [1.807, 2.05) is 13.8 Å². The SMILES string of the molecule is CC(C)n1cc(NC(=O)[C@@H]2C[C@@H]2C(=O)O)cn1. The molecule has 1 heterocycles. The summed E-state index contributed by atoms with van der Waals surface area (Å²) in [5.41, 5.74) is 0.611. The van der Waals surface area contributed by atoms with Crippen LogP contribution in [0.4, 0.5) is 5.69 Å². The number of nitrogens with one attached hydrogen (secondary N) is 1. The van der Waals surface area contributed by atoms with Crippen LogP contribution in [0.2, 0.25) is 0 Å². The van der Waals surface area contributed by atoms with Gasteiger partial charge in [-0.15, -0.1) is 0 Å². The molecule has 0 spiro atoms. The Balaban J connectivity index is 1.93. The maximum atomic E-state index is 11.7. The van der Waals surface area contributed by atoms with Gasteiger partial charge in [0.05, 0.1) is 23.7 Å². The first-order valence-electron chi connectivity index (χ1n) is 5.57. The molecule has 92 valence electrons. The van der Waals surface area contributed by atoms with Crippen LogP contribution in [0.25, 0.3) is 0 Å². The fourth-order valence-corrected chi connectivity index (χ4v) is 1.68. The molecule has 17 heavy (non-hydrogen) atoms. The highest BCUT2D eigenvalue weighted by atomic mass is 16.4. The minimum absolute atomic E-state index is 0.230. The number of anilines is 1. The minimum atomic E-state index is -0.900. The van der Waals surface area contributed by atoms with Gasteiger partial charge in [-0.1, -0.05) is 0 Å². The van der Waals surface area contributed by atoms with Gasteiger partial charge in [0.2, 0.25) is 5.91 Å². The van der Waals surface area contributed by atoms with Crippen molar-refractivity contribution in [1.82, 2.24) is 9.78 Å². The predicted octanol–water partition coefficient (Wildman–Crippen LogP) is 1.12. The zero-order chi connectivity index (χ0) is 12.6. The van der Waals surface area contributed by atoms with E-state index in [0.29, 0.717) is 12.1 Å². The number of nitrogens with zero attached hydrogens (tertiary/aromatic N) is 2. The molecule has 1 aromatic rings. The van der Waals surface area contributed by atoms with Crippen LogP contribution >= 0.6 is 0 Å². The van der Waals surface area contributed by atoms with Crippen LogP contribution in [0.3, 0.4) is 0 Å². The van der Waals surface area contributed by atoms with E-state index in [1.54, 1.807) is 17.1 Å². The number of carboxylic acid groups (broad SMARTS) is 1. The molecule has 1 aromatic heterocycles. The number of aromatic nitrogens is 2. The van der Waals surface area contributed by atoms with Gasteiger partial charge in [0.25, 0.3) is 0 Å². The van der Waals surface area contributed by atoms with Gasteiger partial charge >= 0.3 is 5.97 Å². The number of rotatable bonds is 4. The van der Waals surface area contributed by atoms with E-state index < -0.39 is 17.8 Å². The van der Waals surface area contributed by atoms with Crippen molar-refractivity contribution < 1.29 is 14.7 Å². The molecular weight excluding hydrogens is 222 g/mol. The van der Waals surface area contributed by atoms with Gasteiger partial charge in [-0.2, -0.15) is 5.10 Å². The summed E-state index contributed by atoms with van der Waals surface area (Å²) >= 11 is 0. The van der Waals surface area contributed by atoms with Crippen molar-refractivity contribution in [1.29, 1.82) is 0 Å². The lowest BCUT2D eigenvalue weighted by molar-refractivity contribution is -0.139. The summed E-state index contributed by atoms with van der Waals surface area (Å²) in [5.74, 6) is -2.05. The van der Waals surface area contributed by atoms with Crippen molar-refractivity contribution in [2.75, 3.05) is 5.32 Å². The predicted molar refractivity (Wildman–Crippen MR) is 60.5 cm³/mol. The number of carbonyl (C=O) groups is 2. The minimum Gasteiger partial charge on any atom is -0.481 e. The van der Waals surface area contributed by atoms with E-state index in [0.717, 1.165) is 0 Å². The molecule has 0 radical (unpaired) electrons. The summed E-state index contributed by atoms with van der Waals surface area (Å²) in [5, 5.41) is 15.5. The topological polar surface area (TPSA) is 84.2 Å². The van der Waals surface area contributed by atoms with Crippen molar-refractivity contribution in [3.05, 3.63) is 12.4 Å². The molecule has 1 fully saturated rings. The second-order valence-corrected chi connectivity index (χ2v) is 4.58. The molecule has 1 aliphatic rings. The Bertz CT molecular complexity index is 453. The first-order valence-corrected chi connectivity index (χ1v) is 5.57. The molecule has 2 atom stereocenters. The molecular formula is C11H15N3O3. The summed E-state index contributed by atoms with van der Waals surface area (Å²) in [6.45, 7) is 3.97. The number of carboxylic acids is 1. The molecule has 1 aliphatic carbocycles. The fourth-order valence-electron chi connectivity index (χ4n) is 1.68. The zero-order valence-electron chi connectivity index (χ0n) is 9.75. The third-order valence-electron chi connectivity index (χ3n) is 2.84. The molecule has 0 bridgehead atoms. The average Bonchev–Trinajstić information content (AvgIpc) is 2.93. The van der Waals surface area contributed by atoms with E-state index >= 15 is 0 Å². The Morgan fingerprint density at radius 2 is 2.24 bits per heavy atom. The number of hydrogen-bond donors (Lipinski definition) is 2. The van der Waals surface area contributed by atoms with Crippen molar-refractivity contribution in [2.24, 2.45) is 11.8 Å². The van der Waals surface area contributed by atoms with E-state index in [-0.39, 0.29) is 11.9 Å². The van der Waals surface area contributed by atoms with Crippen LogP contribution < -0.4 is 5.32 Å². The second kappa shape index (κ2) is 4.20. The Morgan fingerprint density at radius 1 is 1.53 bits per heavy atom. The van der Waals surface area contributed by atoms with Gasteiger partial charge in [0.15, 0.2) is 0 Å². The first kappa shape index (κ1) is 11.6. The summed E-state index contributed by atoms with van der Waals surface area (Å²) < 4.78 is 1.73. The van der Waals surface area contributed by atoms with Crippen molar-refractivity contribution in [3.63, 3.8) is 0 Å². The molecule has 2 rings (SSSR count). The smallest absolute Gasteiger partial charge is 0.307 e. The molecule has 0 saturated heterocycles. The molecule has 6 nitrogen and oxygen atoms in total. The Morgan fingerprint density at radius 3 is 2.71 bits per heavy atom. The molecule has 1 saturated carbocycles. The third-order valence-corrected chi connectivity index (χ3v) is 2.84. The Labute approximate surface area is 98.6 Å². The van der Waals surface area contributed by atoms with Gasteiger partial charge < -0.3 is 10.4 Å². The lowest BCUT2D eigenvalue weighted by Crippen LogP contribution is -2.16. The standard InChI is InChI=1S/C11H15N3O3/c1-6(2)14-5-7(4-12-14)13-10(15)8-3-9(8)11(16)17/h4-6,8-9H,3H2,1-2H3,(H,13,15)(H,16,17)/t8-,9+/m1/s1. The molecule has 0 aliphatic heterocycles. The van der Waals surface area contributed by atoms with E-state index in [1.165, 1.54) is 0 Å². The number of hydrogen-bond acceptors (Lipinski definition) is 3. The van der Waals surface area contributed by atoms with Gasteiger partial charge in [0, 0.05) is 12.2 Å². The zero-order valence-corrected chi connectivity index (χ0v) is 9.75. The largest absolute Gasteiger partial charge is 0.481 e. The van der Waals surface area contributed by atoms with E-state index in [9.17, 15) is 9.59 Å². The molecule has 6 heteroatoms. The van der Waals surface area contributed by atoms with Gasteiger partial charge in [-0.05, 0) is 20.3 Å². The van der Waals surface area contributed by atoms with Crippen molar-refractivity contribution in [2.45, 2.75) is 26.3 Å². The molecule has 0 aromatic carbocycles. The summed E-state index contributed by atoms with van der Waals surface area (Å²) in [6.07, 6.45) is 3.73. The molecule has 1 amide bonds. The van der Waals surface area contributed by atoms with Gasteiger partial charge in [-0.3, -0.25) is 14.3 Å². The van der Waals surface area contributed by atoms with Crippen LogP contribution in [-0.4, -0.2) is 26.8 Å². The number of amides is 1. The Hall–Kier alpha value is -1.85. The number of carbonyl (C=O) groups excluding carboxylic acids is 1. The first-order chi connectivity index (χ1) is 7.99. The summed E-state index contributed by atoms with van der Waals surface area (Å²) in [6, 6.07) is 0.230. The van der Waals surface area contributed by atoms with Crippen LogP contribution in [0, 0.1) is 11.8 Å². The Kier molecular flexibility index (Phi) is 2.87. The monoisotopic (exact) mass is 237 g/mol. The highest BCUT2D eigenvalue weighted by molar-refractivity contribution is 5.98. The van der Waals surface area contributed by atoms with Crippen LogP contribution in [0.15, 0.2) is 12.4 Å². The quantitative estimate of drug-likeness (QED) is 0.822. The van der Waals surface area contributed by atoms with Crippen molar-refractivity contribution >= 4 is 17.6 Å². The van der Waals surface area contributed by atoms with Gasteiger partial charge in [0.1, 0.15) is 0 Å². The lowest BCUT2D eigenvalue weighted by atomic mass is 10.3. The molecule has 2 N–H and O–H groups in total. The molecule has 0 unspecified atom stereocenters. The average molecular weight is 237 g/mol. The summed E-state index contributed by atoms with van der Waals surface area (Å²) in [7, 11) is 0. The van der Waals surface area contributed by atoms with Crippen LogP contribution in [-0.2, 0) is 9.59 Å². The van der Waals surface area contributed by atoms with Crippen LogP contribution in [0.5, 0.6) is 0 Å². The maximum absolute atomic E-state index is 11.7. The van der Waals surface area contributed by atoms with Crippen LogP contribution in [0.1, 0.15) is 26.3 Å². The number of aliphatic carboxylic acids is 1. The van der Waals surface area contributed by atoms with E-state index in [4.69, 9.17) is 5.11 Å². The second-order valence-electron chi connectivity index (χ2n) is 4.58. The lowest BCUT2D eigenvalue weighted by Gasteiger charge is -2.03. The summed E-state index contributed by atoms with van der Waals surface area (Å²) in [4.78, 5) is 22.3. The normalized spacial score (nSPS) is 22.5. The third kappa shape index (κ3) is 2.46. The van der Waals surface area contributed by atoms with Crippen molar-refractivity contribution in [3.8, 4) is 0 Å².